The van der Waals surface area contributed by atoms with Crippen LogP contribution in [0.4, 0.5) is 0 Å². The summed E-state index contributed by atoms with van der Waals surface area (Å²) < 4.78 is 13.3. The number of unbranched alkanes of at least 4 members (excludes halogenated alkanes) is 22. The molecule has 0 unspecified atom stereocenters. The number of rotatable bonds is 34. The smallest absolute Gasteiger partial charge is 0.0654 e. The molecular weight excluding hydrogens is 663 g/mol. The van der Waals surface area contributed by atoms with E-state index in [4.69, 9.17) is 6.15 Å². The van der Waals surface area contributed by atoms with Gasteiger partial charge in [0.1, 0.15) is 0 Å². The maximum absolute atomic E-state index is 12.6. The normalized spacial score (nSPS) is 12.0. The molecular formula is C40H76O4Sn. The maximum atomic E-state index is 12.6. The summed E-state index contributed by atoms with van der Waals surface area (Å²) in [6.45, 7) is 8.57. The van der Waals surface area contributed by atoms with Crippen molar-refractivity contribution in [3.63, 3.8) is 0 Å². The average molecular weight is 740 g/mol. The zero-order valence-corrected chi connectivity index (χ0v) is 33.5. The van der Waals surface area contributed by atoms with E-state index in [0.29, 0.717) is 21.7 Å². The molecule has 0 bridgehead atoms. The van der Waals surface area contributed by atoms with Crippen molar-refractivity contribution in [1.29, 1.82) is 0 Å². The van der Waals surface area contributed by atoms with Gasteiger partial charge in [0.05, 0.1) is 0 Å². The summed E-state index contributed by atoms with van der Waals surface area (Å²) in [5.41, 5.74) is 0. The van der Waals surface area contributed by atoms with Gasteiger partial charge in [0.25, 0.3) is 0 Å². The first-order chi connectivity index (χ1) is 22.0. The SMILES string of the molecule is CCCCCCCC/C=C\CCCCCCCC(=O)[O][Sn]([CH2]C)([CH2]C)[O]C(=O)CCCCCCC/C=C\CCCCCCCC. The zero-order chi connectivity index (χ0) is 33.1. The fraction of sp³-hybridized carbons (Fsp3) is 0.850. The third-order valence-electron chi connectivity index (χ3n) is 8.96. The summed E-state index contributed by atoms with van der Waals surface area (Å²) in [5.74, 6) is -0.304. The van der Waals surface area contributed by atoms with Crippen molar-refractivity contribution in [2.45, 2.75) is 216 Å². The molecule has 0 aliphatic rings. The van der Waals surface area contributed by atoms with E-state index >= 15 is 0 Å². The van der Waals surface area contributed by atoms with E-state index in [1.54, 1.807) is 0 Å². The quantitative estimate of drug-likeness (QED) is 0.0375. The molecule has 0 atom stereocenters. The molecule has 5 heteroatoms. The van der Waals surface area contributed by atoms with E-state index in [9.17, 15) is 9.59 Å². The molecule has 0 aliphatic carbocycles. The number of hydrogen-bond acceptors (Lipinski definition) is 4. The standard InChI is InChI=1S/2C18H34O2.2C2H5.Sn/c2*1-2-3-4-5-6-7-8-9-10-11-12-13-14-15-16-17-18(19)20;2*1-2;/h2*9-10H,2-8,11-17H2,1H3,(H,19,20);2*1H2,2H3;/q;;;;+2/p-2/b2*10-9-;;;. The van der Waals surface area contributed by atoms with Gasteiger partial charge >= 0.3 is 197 Å². The van der Waals surface area contributed by atoms with Crippen molar-refractivity contribution < 1.29 is 15.7 Å². The molecule has 0 spiro atoms. The van der Waals surface area contributed by atoms with E-state index in [1.807, 2.05) is 13.8 Å². The van der Waals surface area contributed by atoms with Gasteiger partial charge in [0, 0.05) is 0 Å². The Bertz CT molecular complexity index is 657. The Kier molecular flexibility index (Phi) is 34.0. The Morgan fingerprint density at radius 1 is 0.400 bits per heavy atom. The molecule has 45 heavy (non-hydrogen) atoms. The van der Waals surface area contributed by atoms with Crippen LogP contribution < -0.4 is 0 Å². The zero-order valence-electron chi connectivity index (χ0n) is 30.7. The molecule has 0 N–H and O–H groups in total. The molecule has 0 aliphatic heterocycles. The second kappa shape index (κ2) is 34.6. The van der Waals surface area contributed by atoms with Crippen LogP contribution in [0, 0.1) is 0 Å². The van der Waals surface area contributed by atoms with Gasteiger partial charge < -0.3 is 0 Å². The van der Waals surface area contributed by atoms with Crippen LogP contribution in [0.3, 0.4) is 0 Å². The number of carbonyl (C=O) groups excluding carboxylic acids is 2. The van der Waals surface area contributed by atoms with E-state index in [1.165, 1.54) is 141 Å². The van der Waals surface area contributed by atoms with Crippen molar-refractivity contribution in [1.82, 2.24) is 0 Å². The predicted molar refractivity (Wildman–Crippen MR) is 198 cm³/mol. The first-order valence-corrected chi connectivity index (χ1v) is 26.1. The van der Waals surface area contributed by atoms with Crippen LogP contribution in [0.2, 0.25) is 8.87 Å². The first kappa shape index (κ1) is 44.2. The van der Waals surface area contributed by atoms with E-state index < -0.39 is 19.2 Å². The molecule has 4 nitrogen and oxygen atoms in total. The summed E-state index contributed by atoms with van der Waals surface area (Å²) in [6.07, 6.45) is 42.6. The first-order valence-electron chi connectivity index (χ1n) is 19.8. The van der Waals surface area contributed by atoms with Crippen LogP contribution in [0.1, 0.15) is 207 Å². The minimum absolute atomic E-state index is 0.152. The van der Waals surface area contributed by atoms with Crippen molar-refractivity contribution in [3.8, 4) is 0 Å². The van der Waals surface area contributed by atoms with Gasteiger partial charge in [0.2, 0.25) is 0 Å². The summed E-state index contributed by atoms with van der Waals surface area (Å²) >= 11 is -3.67. The second-order valence-electron chi connectivity index (χ2n) is 13.2. The summed E-state index contributed by atoms with van der Waals surface area (Å²) in [7, 11) is 0. The van der Waals surface area contributed by atoms with Gasteiger partial charge in [-0.15, -0.1) is 0 Å². The van der Waals surface area contributed by atoms with Crippen molar-refractivity contribution in [2.75, 3.05) is 0 Å². The van der Waals surface area contributed by atoms with Gasteiger partial charge in [-0.25, -0.2) is 0 Å². The van der Waals surface area contributed by atoms with Crippen LogP contribution in [-0.2, 0) is 15.7 Å². The Balaban J connectivity index is 3.85. The minimum atomic E-state index is -3.67. The third-order valence-corrected chi connectivity index (χ3v) is 18.5. The van der Waals surface area contributed by atoms with Gasteiger partial charge in [-0.05, 0) is 12.8 Å². The fourth-order valence-electron chi connectivity index (χ4n) is 5.76. The number of allylic oxidation sites excluding steroid dienone is 4. The Morgan fingerprint density at radius 3 is 0.956 bits per heavy atom. The van der Waals surface area contributed by atoms with Gasteiger partial charge in [0.15, 0.2) is 0 Å². The van der Waals surface area contributed by atoms with Gasteiger partial charge in [-0.2, -0.15) is 0 Å². The average Bonchev–Trinajstić information content (AvgIpc) is 3.04. The Labute approximate surface area is 286 Å². The van der Waals surface area contributed by atoms with Crippen LogP contribution in [-0.4, -0.2) is 31.1 Å². The number of hydrogen-bond donors (Lipinski definition) is 0. The summed E-state index contributed by atoms with van der Waals surface area (Å²) in [6, 6.07) is 0. The van der Waals surface area contributed by atoms with E-state index in [-0.39, 0.29) is 11.9 Å². The molecule has 0 saturated carbocycles. The van der Waals surface area contributed by atoms with Crippen LogP contribution >= 0.6 is 0 Å². The summed E-state index contributed by atoms with van der Waals surface area (Å²) in [4.78, 5) is 25.2. The van der Waals surface area contributed by atoms with Crippen molar-refractivity contribution in [2.24, 2.45) is 0 Å². The molecule has 0 fully saturated rings. The molecule has 0 heterocycles. The molecule has 0 aromatic heterocycles. The monoisotopic (exact) mass is 740 g/mol. The van der Waals surface area contributed by atoms with Crippen LogP contribution in [0.15, 0.2) is 24.3 Å². The minimum Gasteiger partial charge on any atom is -0.0654 e. The van der Waals surface area contributed by atoms with Crippen molar-refractivity contribution in [3.05, 3.63) is 24.3 Å². The molecule has 0 aromatic carbocycles. The van der Waals surface area contributed by atoms with Crippen molar-refractivity contribution >= 4 is 31.1 Å². The molecule has 0 amide bonds. The van der Waals surface area contributed by atoms with Gasteiger partial charge in [-0.3, -0.25) is 0 Å². The Morgan fingerprint density at radius 2 is 0.667 bits per heavy atom. The van der Waals surface area contributed by atoms with Crippen LogP contribution in [0.5, 0.6) is 0 Å². The molecule has 0 aromatic rings. The second-order valence-corrected chi connectivity index (χ2v) is 23.6. The molecule has 0 saturated heterocycles. The topological polar surface area (TPSA) is 52.6 Å². The van der Waals surface area contributed by atoms with Crippen LogP contribution in [0.25, 0.3) is 0 Å². The summed E-state index contributed by atoms with van der Waals surface area (Å²) in [5, 5.41) is 0. The fourth-order valence-corrected chi connectivity index (χ4v) is 11.9. The van der Waals surface area contributed by atoms with E-state index in [2.05, 4.69) is 38.2 Å². The Hall–Kier alpha value is -0.781. The molecule has 264 valence electrons. The van der Waals surface area contributed by atoms with Gasteiger partial charge in [-0.1, -0.05) is 78.1 Å². The molecule has 0 rings (SSSR count). The van der Waals surface area contributed by atoms with E-state index in [0.717, 1.165) is 25.7 Å². The predicted octanol–water partition coefficient (Wildman–Crippen LogP) is 13.6. The number of carbonyl (C=O) groups is 2. The molecule has 0 radical (unpaired) electrons. The third kappa shape index (κ3) is 30.3.